The van der Waals surface area contributed by atoms with Gasteiger partial charge in [-0.15, -0.1) is 0 Å². The van der Waals surface area contributed by atoms with Crippen LogP contribution in [0.15, 0.2) is 77.7 Å². The largest absolute Gasteiger partial charge is 0.368 e. The number of hydrogen-bond acceptors (Lipinski definition) is 4. The predicted molar refractivity (Wildman–Crippen MR) is 124 cm³/mol. The fraction of sp³-hybridized carbons (Fsp3) is 0.292. The van der Waals surface area contributed by atoms with E-state index in [0.717, 1.165) is 29.5 Å². The number of fused-ring (bicyclic) bond motifs is 1. The smallest absolute Gasteiger partial charge is 0.243 e. The van der Waals surface area contributed by atoms with Crippen LogP contribution in [-0.4, -0.2) is 62.8 Å². The highest BCUT2D eigenvalue weighted by Crippen LogP contribution is 2.22. The zero-order valence-electron chi connectivity index (χ0n) is 17.6. The Hall–Kier alpha value is -2.90. The van der Waals surface area contributed by atoms with E-state index in [2.05, 4.69) is 17.0 Å². The molecule has 6 nitrogen and oxygen atoms in total. The van der Waals surface area contributed by atoms with Crippen molar-refractivity contribution >= 4 is 32.4 Å². The van der Waals surface area contributed by atoms with Crippen LogP contribution in [0.5, 0.6) is 0 Å². The second-order valence-electron chi connectivity index (χ2n) is 7.64. The molecule has 3 aromatic rings. The molecule has 31 heavy (non-hydrogen) atoms. The van der Waals surface area contributed by atoms with Crippen LogP contribution >= 0.6 is 0 Å². The lowest BCUT2D eigenvalue weighted by Crippen LogP contribution is -2.51. The summed E-state index contributed by atoms with van der Waals surface area (Å²) in [6, 6.07) is 22.9. The lowest BCUT2D eigenvalue weighted by Gasteiger charge is -2.36. The molecule has 1 heterocycles. The minimum absolute atomic E-state index is 0.142. The van der Waals surface area contributed by atoms with Crippen molar-refractivity contribution in [3.8, 4) is 0 Å². The molecule has 4 rings (SSSR count). The number of piperazine rings is 1. The molecule has 0 atom stereocenters. The van der Waals surface area contributed by atoms with Crippen molar-refractivity contribution in [2.75, 3.05) is 44.2 Å². The second kappa shape index (κ2) is 9.08. The third-order valence-electron chi connectivity index (χ3n) is 5.78. The average Bonchev–Trinajstić information content (AvgIpc) is 2.82. The van der Waals surface area contributed by atoms with Crippen LogP contribution in [0.2, 0.25) is 0 Å². The summed E-state index contributed by atoms with van der Waals surface area (Å²) in [7, 11) is -3.75. The molecule has 1 saturated heterocycles. The van der Waals surface area contributed by atoms with Crippen LogP contribution in [0.1, 0.15) is 6.92 Å². The number of benzene rings is 3. The number of para-hydroxylation sites is 1. The van der Waals surface area contributed by atoms with Crippen LogP contribution in [0.25, 0.3) is 10.8 Å². The molecule has 7 heteroatoms. The maximum absolute atomic E-state index is 13.2. The van der Waals surface area contributed by atoms with Gasteiger partial charge in [0.25, 0.3) is 0 Å². The maximum atomic E-state index is 13.2. The van der Waals surface area contributed by atoms with Gasteiger partial charge < -0.3 is 9.80 Å². The molecule has 0 spiro atoms. The quantitative estimate of drug-likeness (QED) is 0.594. The minimum atomic E-state index is -3.75. The SMILES string of the molecule is CCN(CC(=O)N1CCN(c2ccccc2)CC1)S(=O)(=O)c1ccc2ccccc2c1. The Morgan fingerprint density at radius 2 is 1.52 bits per heavy atom. The van der Waals surface area contributed by atoms with Gasteiger partial charge in [-0.05, 0) is 35.0 Å². The molecular formula is C24H27N3O3S. The van der Waals surface area contributed by atoms with E-state index in [0.29, 0.717) is 13.1 Å². The molecule has 3 aromatic carbocycles. The molecule has 1 amide bonds. The number of carbonyl (C=O) groups is 1. The second-order valence-corrected chi connectivity index (χ2v) is 9.58. The van der Waals surface area contributed by atoms with E-state index < -0.39 is 10.0 Å². The lowest BCUT2D eigenvalue weighted by molar-refractivity contribution is -0.131. The zero-order chi connectivity index (χ0) is 21.8. The van der Waals surface area contributed by atoms with Gasteiger partial charge in [0.2, 0.25) is 15.9 Å². The molecule has 1 fully saturated rings. The zero-order valence-corrected chi connectivity index (χ0v) is 18.5. The molecule has 0 bridgehead atoms. The van der Waals surface area contributed by atoms with Gasteiger partial charge in [-0.3, -0.25) is 4.79 Å². The highest BCUT2D eigenvalue weighted by Gasteiger charge is 2.29. The Morgan fingerprint density at radius 3 is 2.19 bits per heavy atom. The first-order valence-electron chi connectivity index (χ1n) is 10.6. The standard InChI is InChI=1S/C24H27N3O3S/c1-2-27(31(29,30)23-13-12-20-8-6-7-9-21(20)18-23)19-24(28)26-16-14-25(15-17-26)22-10-4-3-5-11-22/h3-13,18H,2,14-17,19H2,1H3. The summed E-state index contributed by atoms with van der Waals surface area (Å²) in [6.07, 6.45) is 0. The normalized spacial score (nSPS) is 14.9. The molecule has 162 valence electrons. The summed E-state index contributed by atoms with van der Waals surface area (Å²) in [5.41, 5.74) is 1.14. The number of sulfonamides is 1. The number of nitrogens with zero attached hydrogens (tertiary/aromatic N) is 3. The number of amides is 1. The van der Waals surface area contributed by atoms with E-state index in [1.165, 1.54) is 4.31 Å². The van der Waals surface area contributed by atoms with E-state index in [4.69, 9.17) is 0 Å². The van der Waals surface area contributed by atoms with Crippen LogP contribution in [-0.2, 0) is 14.8 Å². The Morgan fingerprint density at radius 1 is 0.871 bits per heavy atom. The van der Waals surface area contributed by atoms with Crippen molar-refractivity contribution in [1.82, 2.24) is 9.21 Å². The number of anilines is 1. The molecule has 0 radical (unpaired) electrons. The molecule has 0 N–H and O–H groups in total. The minimum Gasteiger partial charge on any atom is -0.368 e. The predicted octanol–water partition coefficient (Wildman–Crippen LogP) is 3.20. The highest BCUT2D eigenvalue weighted by atomic mass is 32.2. The van der Waals surface area contributed by atoms with Gasteiger partial charge in [-0.25, -0.2) is 8.42 Å². The van der Waals surface area contributed by atoms with Crippen molar-refractivity contribution in [2.45, 2.75) is 11.8 Å². The lowest BCUT2D eigenvalue weighted by atomic mass is 10.1. The van der Waals surface area contributed by atoms with Gasteiger partial charge >= 0.3 is 0 Å². The molecule has 1 aliphatic heterocycles. The van der Waals surface area contributed by atoms with E-state index >= 15 is 0 Å². The Kier molecular flexibility index (Phi) is 6.25. The van der Waals surface area contributed by atoms with Crippen molar-refractivity contribution in [3.05, 3.63) is 72.8 Å². The summed E-state index contributed by atoms with van der Waals surface area (Å²) in [4.78, 5) is 17.1. The summed E-state index contributed by atoms with van der Waals surface area (Å²) in [5, 5.41) is 1.85. The third kappa shape index (κ3) is 4.57. The monoisotopic (exact) mass is 437 g/mol. The first-order chi connectivity index (χ1) is 15.0. The Labute approximate surface area is 183 Å². The third-order valence-corrected chi connectivity index (χ3v) is 7.69. The Bertz CT molecular complexity index is 1160. The average molecular weight is 438 g/mol. The molecule has 0 aromatic heterocycles. The van der Waals surface area contributed by atoms with Gasteiger partial charge in [-0.1, -0.05) is 55.5 Å². The van der Waals surface area contributed by atoms with E-state index in [9.17, 15) is 13.2 Å². The van der Waals surface area contributed by atoms with E-state index in [1.54, 1.807) is 30.0 Å². The fourth-order valence-corrected chi connectivity index (χ4v) is 5.38. The van der Waals surface area contributed by atoms with E-state index in [1.807, 2.05) is 42.5 Å². The van der Waals surface area contributed by atoms with Crippen molar-refractivity contribution in [2.24, 2.45) is 0 Å². The van der Waals surface area contributed by atoms with Gasteiger partial charge in [-0.2, -0.15) is 4.31 Å². The Balaban J connectivity index is 1.43. The highest BCUT2D eigenvalue weighted by molar-refractivity contribution is 7.89. The molecule has 0 saturated carbocycles. The number of carbonyl (C=O) groups excluding carboxylic acids is 1. The molecule has 0 unspecified atom stereocenters. The van der Waals surface area contributed by atoms with Crippen LogP contribution < -0.4 is 4.90 Å². The first-order valence-corrected chi connectivity index (χ1v) is 12.0. The number of hydrogen-bond donors (Lipinski definition) is 0. The summed E-state index contributed by atoms with van der Waals surface area (Å²) in [6.45, 7) is 4.50. The van der Waals surface area contributed by atoms with Gasteiger partial charge in [0.05, 0.1) is 11.4 Å². The van der Waals surface area contributed by atoms with Crippen molar-refractivity contribution in [1.29, 1.82) is 0 Å². The van der Waals surface area contributed by atoms with Gasteiger partial charge in [0.1, 0.15) is 0 Å². The molecular weight excluding hydrogens is 410 g/mol. The summed E-state index contributed by atoms with van der Waals surface area (Å²) < 4.78 is 27.7. The summed E-state index contributed by atoms with van der Waals surface area (Å²) in [5.74, 6) is -0.154. The van der Waals surface area contributed by atoms with Crippen LogP contribution in [0, 0.1) is 0 Å². The molecule has 0 aliphatic carbocycles. The van der Waals surface area contributed by atoms with Crippen molar-refractivity contribution < 1.29 is 13.2 Å². The van der Waals surface area contributed by atoms with Crippen molar-refractivity contribution in [3.63, 3.8) is 0 Å². The first kappa shape index (κ1) is 21.3. The maximum Gasteiger partial charge on any atom is 0.243 e. The topological polar surface area (TPSA) is 60.9 Å². The van der Waals surface area contributed by atoms with Crippen LogP contribution in [0.3, 0.4) is 0 Å². The summed E-state index contributed by atoms with van der Waals surface area (Å²) >= 11 is 0. The van der Waals surface area contributed by atoms with E-state index in [-0.39, 0.29) is 23.9 Å². The number of likely N-dealkylation sites (N-methyl/N-ethyl adjacent to an activating group) is 1. The fourth-order valence-electron chi connectivity index (χ4n) is 3.95. The van der Waals surface area contributed by atoms with Crippen LogP contribution in [0.4, 0.5) is 5.69 Å². The molecule has 1 aliphatic rings. The van der Waals surface area contributed by atoms with Gasteiger partial charge in [0, 0.05) is 38.4 Å². The van der Waals surface area contributed by atoms with Gasteiger partial charge in [0.15, 0.2) is 0 Å². The number of rotatable bonds is 6.